The first-order valence-electron chi connectivity index (χ1n) is 11.3. The van der Waals surface area contributed by atoms with Crippen molar-refractivity contribution >= 4 is 39.3 Å². The van der Waals surface area contributed by atoms with Crippen molar-refractivity contribution in [3.8, 4) is 0 Å². The first kappa shape index (κ1) is 25.2. The molecule has 1 aliphatic heterocycles. The van der Waals surface area contributed by atoms with Crippen LogP contribution in [0.2, 0.25) is 0 Å². The molecule has 0 bridgehead atoms. The molecule has 3 aromatic rings. The van der Waals surface area contributed by atoms with Crippen molar-refractivity contribution in [3.63, 3.8) is 0 Å². The van der Waals surface area contributed by atoms with Crippen molar-refractivity contribution in [1.82, 2.24) is 19.1 Å². The summed E-state index contributed by atoms with van der Waals surface area (Å²) < 4.78 is 33.9. The number of nitrogen functional groups attached to an aromatic ring is 1. The fourth-order valence-electron chi connectivity index (χ4n) is 3.76. The van der Waals surface area contributed by atoms with E-state index < -0.39 is 16.1 Å². The number of amides is 1. The zero-order chi connectivity index (χ0) is 24.8. The van der Waals surface area contributed by atoms with E-state index in [0.29, 0.717) is 49.3 Å². The van der Waals surface area contributed by atoms with E-state index in [2.05, 4.69) is 15.5 Å². The number of carbonyl (C=O) groups is 1. The van der Waals surface area contributed by atoms with E-state index >= 15 is 0 Å². The molecule has 2 aromatic carbocycles. The molecule has 1 fully saturated rings. The number of anilines is 2. The highest BCUT2D eigenvalue weighted by atomic mass is 32.2. The summed E-state index contributed by atoms with van der Waals surface area (Å²) in [6.45, 7) is 3.29. The van der Waals surface area contributed by atoms with Crippen LogP contribution in [0.1, 0.15) is 24.9 Å². The molecule has 0 aliphatic carbocycles. The Morgan fingerprint density at radius 1 is 1.11 bits per heavy atom. The van der Waals surface area contributed by atoms with Crippen molar-refractivity contribution in [2.24, 2.45) is 0 Å². The monoisotopic (exact) mass is 516 g/mol. The highest BCUT2D eigenvalue weighted by molar-refractivity contribution is 7.98. The number of rotatable bonds is 9. The van der Waals surface area contributed by atoms with E-state index in [4.69, 9.17) is 10.5 Å². The molecule has 35 heavy (non-hydrogen) atoms. The van der Waals surface area contributed by atoms with Gasteiger partial charge >= 0.3 is 0 Å². The summed E-state index contributed by atoms with van der Waals surface area (Å²) in [5, 5.41) is 11.6. The summed E-state index contributed by atoms with van der Waals surface area (Å²) in [4.78, 5) is 13.3. The lowest BCUT2D eigenvalue weighted by Crippen LogP contribution is -2.40. The number of hydrogen-bond acceptors (Lipinski definition) is 8. The van der Waals surface area contributed by atoms with Crippen LogP contribution < -0.4 is 11.1 Å². The van der Waals surface area contributed by atoms with Crippen LogP contribution in [0.25, 0.3) is 0 Å². The Morgan fingerprint density at radius 2 is 1.80 bits per heavy atom. The summed E-state index contributed by atoms with van der Waals surface area (Å²) in [5.41, 5.74) is 7.68. The Bertz CT molecular complexity index is 1240. The smallest absolute Gasteiger partial charge is 0.247 e. The minimum absolute atomic E-state index is 0.162. The van der Waals surface area contributed by atoms with Gasteiger partial charge in [-0.25, -0.2) is 8.42 Å². The molecule has 12 heteroatoms. The fraction of sp³-hybridized carbons (Fsp3) is 0.348. The van der Waals surface area contributed by atoms with Crippen LogP contribution in [0.3, 0.4) is 0 Å². The highest BCUT2D eigenvalue weighted by Gasteiger charge is 2.27. The Hall–Kier alpha value is -2.93. The van der Waals surface area contributed by atoms with Gasteiger partial charge in [0, 0.05) is 24.5 Å². The van der Waals surface area contributed by atoms with E-state index in [-0.39, 0.29) is 16.8 Å². The lowest BCUT2D eigenvalue weighted by atomic mass is 10.2. The van der Waals surface area contributed by atoms with Gasteiger partial charge in [-0.1, -0.05) is 49.0 Å². The van der Waals surface area contributed by atoms with Crippen molar-refractivity contribution in [3.05, 3.63) is 60.2 Å². The van der Waals surface area contributed by atoms with Gasteiger partial charge in [0.05, 0.1) is 18.1 Å². The number of benzene rings is 2. The van der Waals surface area contributed by atoms with Crippen LogP contribution in [-0.4, -0.2) is 59.7 Å². The molecular formula is C23H28N6O4S2. The number of hydrogen-bond donors (Lipinski definition) is 2. The van der Waals surface area contributed by atoms with E-state index in [1.54, 1.807) is 16.7 Å². The van der Waals surface area contributed by atoms with Crippen molar-refractivity contribution in [2.45, 2.75) is 35.2 Å². The average Bonchev–Trinajstić information content (AvgIpc) is 3.24. The molecule has 4 rings (SSSR count). The van der Waals surface area contributed by atoms with Crippen molar-refractivity contribution < 1.29 is 17.9 Å². The van der Waals surface area contributed by atoms with Gasteiger partial charge in [0.25, 0.3) is 0 Å². The zero-order valence-corrected chi connectivity index (χ0v) is 21.0. The third-order valence-corrected chi connectivity index (χ3v) is 8.56. The summed E-state index contributed by atoms with van der Waals surface area (Å²) in [6.07, 6.45) is 0.469. The number of nitrogens with zero attached hydrogens (tertiary/aromatic N) is 4. The molecule has 1 aliphatic rings. The van der Waals surface area contributed by atoms with Crippen LogP contribution in [0.5, 0.6) is 0 Å². The standard InChI is InChI=1S/C23H28N6O4S2/c1-2-20(29-22(24)26-27-23(29)34-16-17-6-4-3-5-7-17)21(30)25-18-8-10-19(11-9-18)35(31,32)28-12-14-33-15-13-28/h3-11,20H,2,12-16H2,1H3,(H2,24,26)(H,25,30). The molecular weight excluding hydrogens is 488 g/mol. The van der Waals surface area contributed by atoms with Gasteiger partial charge in [-0.15, -0.1) is 10.2 Å². The molecule has 1 unspecified atom stereocenters. The molecule has 186 valence electrons. The predicted molar refractivity (Wildman–Crippen MR) is 134 cm³/mol. The molecule has 0 radical (unpaired) electrons. The Labute approximate surface area is 208 Å². The molecule has 10 nitrogen and oxygen atoms in total. The maximum absolute atomic E-state index is 13.2. The topological polar surface area (TPSA) is 132 Å². The van der Waals surface area contributed by atoms with Gasteiger partial charge < -0.3 is 15.8 Å². The van der Waals surface area contributed by atoms with Crippen LogP contribution >= 0.6 is 11.8 Å². The third-order valence-electron chi connectivity index (χ3n) is 5.63. The minimum Gasteiger partial charge on any atom is -0.379 e. The summed E-state index contributed by atoms with van der Waals surface area (Å²) in [7, 11) is -3.60. The number of sulfonamides is 1. The number of aromatic nitrogens is 3. The van der Waals surface area contributed by atoms with Gasteiger partial charge in [-0.2, -0.15) is 4.31 Å². The lowest BCUT2D eigenvalue weighted by Gasteiger charge is -2.26. The van der Waals surface area contributed by atoms with E-state index in [0.717, 1.165) is 5.56 Å². The Kier molecular flexibility index (Phi) is 8.06. The predicted octanol–water partition coefficient (Wildman–Crippen LogP) is 2.76. The van der Waals surface area contributed by atoms with Crippen LogP contribution in [0.15, 0.2) is 64.6 Å². The van der Waals surface area contributed by atoms with Crippen molar-refractivity contribution in [1.29, 1.82) is 0 Å². The fourth-order valence-corrected chi connectivity index (χ4v) is 6.11. The lowest BCUT2D eigenvalue weighted by molar-refractivity contribution is -0.119. The van der Waals surface area contributed by atoms with Gasteiger partial charge in [-0.3, -0.25) is 9.36 Å². The molecule has 1 saturated heterocycles. The molecule has 1 aromatic heterocycles. The minimum atomic E-state index is -3.60. The molecule has 2 heterocycles. The first-order valence-corrected chi connectivity index (χ1v) is 13.7. The highest BCUT2D eigenvalue weighted by Crippen LogP contribution is 2.28. The maximum atomic E-state index is 13.2. The number of thioether (sulfide) groups is 1. The van der Waals surface area contributed by atoms with Crippen LogP contribution in [0.4, 0.5) is 11.6 Å². The second-order valence-corrected chi connectivity index (χ2v) is 10.8. The van der Waals surface area contributed by atoms with E-state index in [1.165, 1.54) is 28.2 Å². The first-order chi connectivity index (χ1) is 16.9. The number of ether oxygens (including phenoxy) is 1. The average molecular weight is 517 g/mol. The molecule has 1 atom stereocenters. The van der Waals surface area contributed by atoms with Crippen LogP contribution in [0, 0.1) is 0 Å². The molecule has 1 amide bonds. The number of nitrogens with one attached hydrogen (secondary N) is 1. The van der Waals surface area contributed by atoms with Gasteiger partial charge in [0.15, 0.2) is 5.16 Å². The van der Waals surface area contributed by atoms with E-state index in [1.807, 2.05) is 37.3 Å². The maximum Gasteiger partial charge on any atom is 0.247 e. The molecule has 0 saturated carbocycles. The number of nitrogens with two attached hydrogens (primary N) is 1. The van der Waals surface area contributed by atoms with Gasteiger partial charge in [-0.05, 0) is 36.2 Å². The SMILES string of the molecule is CCC(C(=O)Nc1ccc(S(=O)(=O)N2CCOCC2)cc1)n1c(N)nnc1SCc1ccccc1. The number of morpholine rings is 1. The number of carbonyl (C=O) groups excluding carboxylic acids is 1. The quantitative estimate of drug-likeness (QED) is 0.415. The summed E-state index contributed by atoms with van der Waals surface area (Å²) in [5.74, 6) is 0.537. The zero-order valence-electron chi connectivity index (χ0n) is 19.3. The summed E-state index contributed by atoms with van der Waals surface area (Å²) in [6, 6.07) is 15.5. The van der Waals surface area contributed by atoms with E-state index in [9.17, 15) is 13.2 Å². The second kappa shape index (κ2) is 11.2. The third kappa shape index (κ3) is 5.84. The Balaban J connectivity index is 1.46. The second-order valence-electron chi connectivity index (χ2n) is 7.94. The van der Waals surface area contributed by atoms with Crippen LogP contribution in [-0.2, 0) is 25.3 Å². The Morgan fingerprint density at radius 3 is 2.46 bits per heavy atom. The largest absolute Gasteiger partial charge is 0.379 e. The molecule has 3 N–H and O–H groups in total. The van der Waals surface area contributed by atoms with Gasteiger partial charge in [0.1, 0.15) is 6.04 Å². The summed E-state index contributed by atoms with van der Waals surface area (Å²) >= 11 is 1.46. The van der Waals surface area contributed by atoms with Crippen molar-refractivity contribution in [2.75, 3.05) is 37.4 Å². The molecule has 0 spiro atoms. The normalized spacial score (nSPS) is 15.6. The van der Waals surface area contributed by atoms with Gasteiger partial charge in [0.2, 0.25) is 21.9 Å².